The molecular formula is CH4Na2O5S. The van der Waals surface area contributed by atoms with E-state index in [1.54, 1.807) is 0 Å². The molecule has 0 amide bonds. The molecule has 0 rings (SSSR count). The van der Waals surface area contributed by atoms with Crippen LogP contribution < -0.4 is 0 Å². The summed E-state index contributed by atoms with van der Waals surface area (Å²) in [5, 5.41) is 5.18. The molecule has 0 heterocycles. The minimum atomic E-state index is -4.82. The summed E-state index contributed by atoms with van der Waals surface area (Å²) >= 11 is 0. The second-order valence-corrected chi connectivity index (χ2v) is 2.04. The van der Waals surface area contributed by atoms with E-state index in [9.17, 15) is 13.2 Å². The van der Waals surface area contributed by atoms with Crippen LogP contribution in [0.3, 0.4) is 0 Å². The van der Waals surface area contributed by atoms with Crippen LogP contribution in [0.25, 0.3) is 0 Å². The van der Waals surface area contributed by atoms with Gasteiger partial charge in [-0.2, -0.15) is 8.42 Å². The number of carbonyl (C=O) groups is 1. The zero-order valence-corrected chi connectivity index (χ0v) is 3.84. The molecule has 8 heteroatoms. The first-order valence-corrected chi connectivity index (χ1v) is 2.59. The summed E-state index contributed by atoms with van der Waals surface area (Å²) in [6.07, 6.45) is 0. The van der Waals surface area contributed by atoms with Crippen molar-refractivity contribution >= 4 is 74.5 Å². The van der Waals surface area contributed by atoms with E-state index in [2.05, 4.69) is 0 Å². The molecule has 0 aliphatic rings. The Morgan fingerprint density at radius 2 is 1.33 bits per heavy atom. The van der Waals surface area contributed by atoms with Gasteiger partial charge in [0, 0.05) is 0 Å². The Bertz CT molecular complexity index is 169. The number of carboxylic acid groups (broad SMARTS) is 1. The molecule has 0 aromatic rings. The van der Waals surface area contributed by atoms with Crippen LogP contribution in [0, 0.1) is 0 Å². The van der Waals surface area contributed by atoms with Crippen molar-refractivity contribution in [3.05, 3.63) is 0 Å². The van der Waals surface area contributed by atoms with E-state index < -0.39 is 15.4 Å². The van der Waals surface area contributed by atoms with Gasteiger partial charge in [0.15, 0.2) is 0 Å². The Morgan fingerprint density at radius 1 is 1.22 bits per heavy atom. The van der Waals surface area contributed by atoms with Gasteiger partial charge in [-0.1, -0.05) is 0 Å². The van der Waals surface area contributed by atoms with Gasteiger partial charge in [0.2, 0.25) is 0 Å². The van der Waals surface area contributed by atoms with Crippen LogP contribution in [0.2, 0.25) is 0 Å². The third kappa shape index (κ3) is 9.38. The molecule has 0 aromatic heterocycles. The summed E-state index contributed by atoms with van der Waals surface area (Å²) < 4.78 is 26.0. The van der Waals surface area contributed by atoms with E-state index in [1.165, 1.54) is 0 Å². The first kappa shape index (κ1) is 16.8. The molecule has 0 radical (unpaired) electrons. The number of hydrogen-bond acceptors (Lipinski definition) is 3. The Labute approximate surface area is 96.2 Å². The molecule has 9 heavy (non-hydrogen) atoms. The van der Waals surface area contributed by atoms with Crippen molar-refractivity contribution in [3.63, 3.8) is 0 Å². The van der Waals surface area contributed by atoms with Crippen molar-refractivity contribution < 1.29 is 22.9 Å². The Hall–Kier alpha value is 1.38. The standard InChI is InChI=1S/CH2O5S.2Na.2H/c2-1(3)7(4,5)6;;;;/h(H,2,3)(H,4,5,6);;;;. The zero-order chi connectivity index (χ0) is 6.08. The molecule has 0 atom stereocenters. The topological polar surface area (TPSA) is 91.7 Å². The monoisotopic (exact) mass is 174 g/mol. The van der Waals surface area contributed by atoms with Crippen LogP contribution in [0.5, 0.6) is 0 Å². The van der Waals surface area contributed by atoms with Crippen molar-refractivity contribution in [1.82, 2.24) is 0 Å². The average Bonchev–Trinajstić information content (AvgIpc) is 1.31. The van der Waals surface area contributed by atoms with Gasteiger partial charge >= 0.3 is 74.5 Å². The van der Waals surface area contributed by atoms with Gasteiger partial charge in [0.25, 0.3) is 0 Å². The molecule has 0 aliphatic carbocycles. The maximum atomic E-state index is 9.29. The SMILES string of the molecule is O=C(O)S(=O)(=O)O.[NaH].[NaH]. The minimum absolute atomic E-state index is 0. The first-order chi connectivity index (χ1) is 2.94. The summed E-state index contributed by atoms with van der Waals surface area (Å²) in [7, 11) is -4.82. The van der Waals surface area contributed by atoms with Crippen LogP contribution in [0.15, 0.2) is 0 Å². The quantitative estimate of drug-likeness (QED) is 0.336. The molecule has 46 valence electrons. The number of hydrogen-bond donors (Lipinski definition) is 2. The second-order valence-electron chi connectivity index (χ2n) is 0.741. The van der Waals surface area contributed by atoms with Gasteiger partial charge in [-0.05, 0) is 0 Å². The van der Waals surface area contributed by atoms with Gasteiger partial charge in [0.05, 0.1) is 0 Å². The summed E-state index contributed by atoms with van der Waals surface area (Å²) in [6.45, 7) is 0. The Kier molecular flexibility index (Phi) is 11.4. The van der Waals surface area contributed by atoms with Gasteiger partial charge in [-0.3, -0.25) is 4.55 Å². The Balaban J connectivity index is -0.000000180. The van der Waals surface area contributed by atoms with Crippen molar-refractivity contribution in [3.8, 4) is 0 Å². The number of rotatable bonds is 0. The van der Waals surface area contributed by atoms with Crippen LogP contribution in [0.1, 0.15) is 0 Å². The van der Waals surface area contributed by atoms with E-state index in [1.807, 2.05) is 0 Å². The van der Waals surface area contributed by atoms with E-state index >= 15 is 0 Å². The van der Waals surface area contributed by atoms with E-state index in [0.717, 1.165) is 0 Å². The Morgan fingerprint density at radius 3 is 1.33 bits per heavy atom. The van der Waals surface area contributed by atoms with Crippen LogP contribution in [-0.4, -0.2) is 82.5 Å². The molecular weight excluding hydrogens is 170 g/mol. The molecule has 0 spiro atoms. The fraction of sp³-hybridized carbons (Fsp3) is 0. The normalized spacial score (nSPS) is 8.56. The summed E-state index contributed by atoms with van der Waals surface area (Å²) in [4.78, 5) is 9.18. The predicted molar refractivity (Wildman–Crippen MR) is 33.9 cm³/mol. The summed E-state index contributed by atoms with van der Waals surface area (Å²) in [5.74, 6) is 0. The molecule has 0 bridgehead atoms. The summed E-state index contributed by atoms with van der Waals surface area (Å²) in [6, 6.07) is 0. The average molecular weight is 174 g/mol. The zero-order valence-electron chi connectivity index (χ0n) is 3.03. The molecule has 0 unspecified atom stereocenters. The van der Waals surface area contributed by atoms with Crippen LogP contribution in [0.4, 0.5) is 4.79 Å². The van der Waals surface area contributed by atoms with Crippen molar-refractivity contribution in [2.75, 3.05) is 0 Å². The molecule has 2 N–H and O–H groups in total. The third-order valence-electron chi connectivity index (χ3n) is 0.221. The first-order valence-electron chi connectivity index (χ1n) is 1.15. The molecule has 0 saturated carbocycles. The molecule has 0 aliphatic heterocycles. The van der Waals surface area contributed by atoms with Crippen LogP contribution in [-0.2, 0) is 10.1 Å². The van der Waals surface area contributed by atoms with E-state index in [4.69, 9.17) is 9.66 Å². The van der Waals surface area contributed by atoms with Gasteiger partial charge < -0.3 is 5.11 Å². The molecule has 0 saturated heterocycles. The summed E-state index contributed by atoms with van der Waals surface area (Å²) in [5.41, 5.74) is 0. The van der Waals surface area contributed by atoms with Crippen molar-refractivity contribution in [1.29, 1.82) is 0 Å². The van der Waals surface area contributed by atoms with E-state index in [0.29, 0.717) is 0 Å². The maximum absolute atomic E-state index is 9.29. The van der Waals surface area contributed by atoms with Gasteiger partial charge in [-0.15, -0.1) is 0 Å². The van der Waals surface area contributed by atoms with Crippen molar-refractivity contribution in [2.45, 2.75) is 0 Å². The fourth-order valence-corrected chi connectivity index (χ4v) is 0. The van der Waals surface area contributed by atoms with Gasteiger partial charge in [-0.25, -0.2) is 4.79 Å². The molecule has 0 aromatic carbocycles. The molecule has 5 nitrogen and oxygen atoms in total. The van der Waals surface area contributed by atoms with E-state index in [-0.39, 0.29) is 59.1 Å². The molecule has 0 fully saturated rings. The van der Waals surface area contributed by atoms with Gasteiger partial charge in [0.1, 0.15) is 0 Å². The predicted octanol–water partition coefficient (Wildman–Crippen LogP) is -1.74. The third-order valence-corrected chi connectivity index (χ3v) is 0.662. The van der Waals surface area contributed by atoms with Crippen LogP contribution >= 0.6 is 0 Å². The van der Waals surface area contributed by atoms with Crippen molar-refractivity contribution in [2.24, 2.45) is 0 Å². The fourth-order valence-electron chi connectivity index (χ4n) is 0. The second kappa shape index (κ2) is 6.11.